The smallest absolute Gasteiger partial charge is 0.134 e. The Morgan fingerprint density at radius 2 is 1.15 bits per heavy atom. The maximum absolute atomic E-state index is 6.09. The molecule has 41 heavy (non-hydrogen) atoms. The van der Waals surface area contributed by atoms with Crippen molar-refractivity contribution in [2.75, 3.05) is 13.1 Å². The molecule has 0 aromatic heterocycles. The minimum atomic E-state index is -0.245. The van der Waals surface area contributed by atoms with E-state index in [0.717, 1.165) is 22.7 Å². The Bertz CT molecular complexity index is 1010. The number of nitrogens with two attached hydrogens (primary N) is 1. The van der Waals surface area contributed by atoms with Gasteiger partial charge in [0, 0.05) is 32.7 Å². The third kappa shape index (κ3) is 14.5. The third-order valence-electron chi connectivity index (χ3n) is 5.43. The first-order valence-corrected chi connectivity index (χ1v) is 15.0. The number of hydrogen-bond donors (Lipinski definition) is 1. The molecule has 1 unspecified atom stereocenters. The molecule has 0 saturated carbocycles. The number of hydrazone groups is 1. The predicted molar refractivity (Wildman–Crippen MR) is 183 cm³/mol. The van der Waals surface area contributed by atoms with Gasteiger partial charge in [0.15, 0.2) is 0 Å². The van der Waals surface area contributed by atoms with Crippen LogP contribution < -0.4 is 5.73 Å². The van der Waals surface area contributed by atoms with Gasteiger partial charge in [-0.25, -0.2) is 5.01 Å². The van der Waals surface area contributed by atoms with Gasteiger partial charge in [-0.1, -0.05) is 160 Å². The third-order valence-corrected chi connectivity index (χ3v) is 5.43. The molecule has 2 N–H and O–H groups in total. The van der Waals surface area contributed by atoms with Gasteiger partial charge >= 0.3 is 0 Å². The first kappa shape index (κ1) is 45.8. The van der Waals surface area contributed by atoms with Crippen LogP contribution in [0.3, 0.4) is 0 Å². The van der Waals surface area contributed by atoms with Gasteiger partial charge in [-0.3, -0.25) is 4.99 Å². The van der Waals surface area contributed by atoms with Gasteiger partial charge in [-0.15, -0.1) is 0 Å². The van der Waals surface area contributed by atoms with E-state index in [0.29, 0.717) is 19.6 Å². The SMILES string of the molecule is CC.CC.CC.CC.CC.CC1(c2ccccc2)CN(C(CN)=NCc2ccccc2)N=C1c1ccccc1.[CH3-].[Y]. The summed E-state index contributed by atoms with van der Waals surface area (Å²) in [5.41, 5.74) is 10.4. The van der Waals surface area contributed by atoms with Crippen molar-refractivity contribution in [3.05, 3.63) is 115 Å². The van der Waals surface area contributed by atoms with Gasteiger partial charge < -0.3 is 13.2 Å². The summed E-state index contributed by atoms with van der Waals surface area (Å²) in [5.74, 6) is 0.807. The summed E-state index contributed by atoms with van der Waals surface area (Å²) in [6.07, 6.45) is 0. The predicted octanol–water partition coefficient (Wildman–Crippen LogP) is 9.80. The second kappa shape index (κ2) is 29.4. The summed E-state index contributed by atoms with van der Waals surface area (Å²) in [6.45, 7) is 23.9. The summed E-state index contributed by atoms with van der Waals surface area (Å²) >= 11 is 0. The Kier molecular flexibility index (Phi) is 32.8. The number of amidine groups is 1. The molecule has 3 aromatic rings. The zero-order valence-electron chi connectivity index (χ0n) is 28.3. The average Bonchev–Trinajstić information content (AvgIpc) is 3.42. The quantitative estimate of drug-likeness (QED) is 0.172. The zero-order valence-corrected chi connectivity index (χ0v) is 31.1. The van der Waals surface area contributed by atoms with Gasteiger partial charge in [-0.2, -0.15) is 5.10 Å². The van der Waals surface area contributed by atoms with Gasteiger partial charge in [0.1, 0.15) is 5.84 Å². The molecule has 0 saturated heterocycles. The minimum absolute atomic E-state index is 0. The molecule has 4 nitrogen and oxygen atoms in total. The van der Waals surface area contributed by atoms with E-state index in [2.05, 4.69) is 67.6 Å². The van der Waals surface area contributed by atoms with Crippen molar-refractivity contribution in [2.45, 2.75) is 88.1 Å². The molecule has 1 aliphatic heterocycles. The van der Waals surface area contributed by atoms with E-state index in [-0.39, 0.29) is 45.6 Å². The monoisotopic (exact) mass is 636 g/mol. The van der Waals surface area contributed by atoms with Crippen LogP contribution in [0.5, 0.6) is 0 Å². The van der Waals surface area contributed by atoms with Crippen molar-refractivity contribution in [3.63, 3.8) is 0 Å². The molecule has 0 bridgehead atoms. The van der Waals surface area contributed by atoms with Crippen molar-refractivity contribution >= 4 is 11.5 Å². The van der Waals surface area contributed by atoms with E-state index in [9.17, 15) is 0 Å². The maximum atomic E-state index is 6.09. The van der Waals surface area contributed by atoms with Crippen LogP contribution in [0.1, 0.15) is 92.9 Å². The standard InChI is InChI=1S/C25H26N4.5C2H6.CH3.Y/c1-25(22-15-9-4-10-16-22)19-29(28-24(25)21-13-7-3-8-14-21)23(17-26)27-18-20-11-5-2-6-12-20;5*1-2;;/h2-16H,17-19,26H2,1H3;5*1-2H3;1H3;/q;;;;;;-1;. The summed E-state index contributed by atoms with van der Waals surface area (Å²) in [5, 5.41) is 6.99. The van der Waals surface area contributed by atoms with Crippen LogP contribution in [-0.4, -0.2) is 29.6 Å². The Balaban J connectivity index is -0.000000517. The van der Waals surface area contributed by atoms with E-state index in [4.69, 9.17) is 15.8 Å². The molecule has 5 heteroatoms. The molecular weight excluding hydrogens is 577 g/mol. The molecule has 0 aliphatic carbocycles. The van der Waals surface area contributed by atoms with E-state index < -0.39 is 0 Å². The second-order valence-electron chi connectivity index (χ2n) is 7.49. The van der Waals surface area contributed by atoms with Gasteiger partial charge in [0.05, 0.1) is 30.8 Å². The van der Waals surface area contributed by atoms with E-state index in [1.54, 1.807) is 0 Å². The normalized spacial score (nSPS) is 14.4. The molecule has 0 spiro atoms. The maximum Gasteiger partial charge on any atom is 0.134 e. The Hall–Kier alpha value is -2.14. The first-order valence-electron chi connectivity index (χ1n) is 15.0. The molecule has 0 fully saturated rings. The minimum Gasteiger partial charge on any atom is -0.358 e. The number of benzene rings is 3. The number of hydrogen-bond acceptors (Lipinski definition) is 3. The van der Waals surface area contributed by atoms with E-state index in [1.165, 1.54) is 5.56 Å². The summed E-state index contributed by atoms with van der Waals surface area (Å²) in [4.78, 5) is 4.79. The molecule has 227 valence electrons. The van der Waals surface area contributed by atoms with Crippen molar-refractivity contribution in [3.8, 4) is 0 Å². The van der Waals surface area contributed by atoms with Crippen LogP contribution in [0.2, 0.25) is 0 Å². The van der Waals surface area contributed by atoms with Crippen molar-refractivity contribution < 1.29 is 32.7 Å². The van der Waals surface area contributed by atoms with E-state index >= 15 is 0 Å². The number of aliphatic imine (C=N–C) groups is 1. The largest absolute Gasteiger partial charge is 0.358 e. The molecule has 1 atom stereocenters. The van der Waals surface area contributed by atoms with Crippen LogP contribution in [0.4, 0.5) is 0 Å². The van der Waals surface area contributed by atoms with Crippen molar-refractivity contribution in [1.82, 2.24) is 5.01 Å². The molecule has 1 heterocycles. The van der Waals surface area contributed by atoms with Crippen molar-refractivity contribution in [2.24, 2.45) is 15.8 Å². The summed E-state index contributed by atoms with van der Waals surface area (Å²) < 4.78 is 0. The Morgan fingerprint density at radius 3 is 1.59 bits per heavy atom. The fourth-order valence-electron chi connectivity index (χ4n) is 3.81. The van der Waals surface area contributed by atoms with Crippen LogP contribution in [0, 0.1) is 7.43 Å². The first-order chi connectivity index (χ1) is 19.2. The van der Waals surface area contributed by atoms with Gasteiger partial charge in [0.2, 0.25) is 0 Å². The topological polar surface area (TPSA) is 54.0 Å². The number of rotatable bonds is 5. The van der Waals surface area contributed by atoms with Crippen LogP contribution in [0.25, 0.3) is 0 Å². The van der Waals surface area contributed by atoms with Gasteiger partial charge in [0.25, 0.3) is 0 Å². The average molecular weight is 637 g/mol. The van der Waals surface area contributed by atoms with E-state index in [1.807, 2.05) is 105 Å². The fourth-order valence-corrected chi connectivity index (χ4v) is 3.81. The second-order valence-corrected chi connectivity index (χ2v) is 7.49. The van der Waals surface area contributed by atoms with Crippen molar-refractivity contribution in [1.29, 1.82) is 0 Å². The zero-order chi connectivity index (χ0) is 30.1. The molecule has 0 amide bonds. The fraction of sp³-hybridized carbons (Fsp3) is 0.417. The molecule has 1 aliphatic rings. The summed E-state index contributed by atoms with van der Waals surface area (Å²) in [7, 11) is 0. The molecule has 4 rings (SSSR count). The Morgan fingerprint density at radius 1 is 0.732 bits per heavy atom. The number of nitrogens with zero attached hydrogens (tertiary/aromatic N) is 3. The molecule has 1 radical (unpaired) electrons. The molecular formula is C36H59N4Y-. The summed E-state index contributed by atoms with van der Waals surface area (Å²) in [6, 6.07) is 31.2. The van der Waals surface area contributed by atoms with Crippen LogP contribution in [-0.2, 0) is 44.7 Å². The van der Waals surface area contributed by atoms with Crippen LogP contribution in [0.15, 0.2) is 101 Å². The van der Waals surface area contributed by atoms with Gasteiger partial charge in [-0.05, 0) is 23.6 Å². The molecule has 3 aromatic carbocycles. The Labute approximate surface area is 279 Å². The van der Waals surface area contributed by atoms with Crippen LogP contribution >= 0.6 is 0 Å².